The summed E-state index contributed by atoms with van der Waals surface area (Å²) < 4.78 is 0. The molecular weight excluding hydrogens is 118 g/mol. The third-order valence-corrected chi connectivity index (χ3v) is 1.74. The molecule has 1 aliphatic rings. The molecule has 0 radical (unpaired) electrons. The summed E-state index contributed by atoms with van der Waals surface area (Å²) in [5, 5.41) is 11.3. The van der Waals surface area contributed by atoms with Gasteiger partial charge in [-0.2, -0.15) is 0 Å². The van der Waals surface area contributed by atoms with Gasteiger partial charge in [0.05, 0.1) is 0 Å². The predicted octanol–water partition coefficient (Wildman–Crippen LogP) is 0.885. The molecular formula is C6H10NO2-. The van der Waals surface area contributed by atoms with E-state index in [2.05, 4.69) is 0 Å². The van der Waals surface area contributed by atoms with Crippen molar-refractivity contribution >= 4 is 5.91 Å². The summed E-state index contributed by atoms with van der Waals surface area (Å²) in [4.78, 5) is 10.6. The molecule has 1 heterocycles. The average molecular weight is 128 g/mol. The zero-order chi connectivity index (χ0) is 6.85. The Bertz CT molecular complexity index is 124. The van der Waals surface area contributed by atoms with Crippen LogP contribution in [0.1, 0.15) is 26.2 Å². The van der Waals surface area contributed by atoms with Crippen LogP contribution >= 0.6 is 0 Å². The Morgan fingerprint density at radius 3 is 2.78 bits per heavy atom. The first kappa shape index (κ1) is 6.55. The Hall–Kier alpha value is -0.570. The van der Waals surface area contributed by atoms with Gasteiger partial charge < -0.3 is 10.3 Å². The molecule has 0 aromatic heterocycles. The molecule has 3 nitrogen and oxygen atoms in total. The van der Waals surface area contributed by atoms with E-state index in [-0.39, 0.29) is 11.9 Å². The second-order valence-corrected chi connectivity index (χ2v) is 2.32. The third-order valence-electron chi connectivity index (χ3n) is 1.74. The molecule has 0 aromatic carbocycles. The van der Waals surface area contributed by atoms with Crippen LogP contribution in [0.5, 0.6) is 0 Å². The lowest BCUT2D eigenvalue weighted by atomic mass is 10.2. The fourth-order valence-electron chi connectivity index (χ4n) is 1.09. The first-order valence-corrected chi connectivity index (χ1v) is 3.25. The summed E-state index contributed by atoms with van der Waals surface area (Å²) in [6.07, 6.45) is 1.98. The molecule has 0 aliphatic carbocycles. The fraction of sp³-hybridized carbons (Fsp3) is 0.833. The highest BCUT2D eigenvalue weighted by Gasteiger charge is 2.21. The monoisotopic (exact) mass is 128 g/mol. The van der Waals surface area contributed by atoms with Gasteiger partial charge in [0.1, 0.15) is 0 Å². The molecule has 1 unspecified atom stereocenters. The molecule has 1 atom stereocenters. The Labute approximate surface area is 54.2 Å². The number of hydroxylamine groups is 2. The van der Waals surface area contributed by atoms with Crippen LogP contribution in [0.4, 0.5) is 0 Å². The fourth-order valence-corrected chi connectivity index (χ4v) is 1.09. The molecule has 9 heavy (non-hydrogen) atoms. The van der Waals surface area contributed by atoms with E-state index in [4.69, 9.17) is 0 Å². The van der Waals surface area contributed by atoms with Gasteiger partial charge in [0.2, 0.25) is 5.91 Å². The Morgan fingerprint density at radius 1 is 1.89 bits per heavy atom. The van der Waals surface area contributed by atoms with Gasteiger partial charge in [0.15, 0.2) is 0 Å². The van der Waals surface area contributed by atoms with Gasteiger partial charge in [-0.15, -0.1) is 0 Å². The van der Waals surface area contributed by atoms with Crippen LogP contribution < -0.4 is 0 Å². The van der Waals surface area contributed by atoms with E-state index in [1.54, 1.807) is 0 Å². The lowest BCUT2D eigenvalue weighted by molar-refractivity contribution is -0.126. The van der Waals surface area contributed by atoms with Crippen molar-refractivity contribution in [1.29, 1.82) is 0 Å². The SMILES string of the molecule is CCC1CCC(=O)N1[O-]. The van der Waals surface area contributed by atoms with E-state index in [0.29, 0.717) is 11.5 Å². The van der Waals surface area contributed by atoms with Crippen LogP contribution in [0.15, 0.2) is 0 Å². The molecule has 3 heteroatoms. The van der Waals surface area contributed by atoms with Gasteiger partial charge in [-0.05, 0) is 12.8 Å². The number of amides is 1. The summed E-state index contributed by atoms with van der Waals surface area (Å²) in [6.45, 7) is 1.92. The van der Waals surface area contributed by atoms with Crippen molar-refractivity contribution < 1.29 is 4.79 Å². The van der Waals surface area contributed by atoms with Gasteiger partial charge in [-0.1, -0.05) is 6.92 Å². The number of carbonyl (C=O) groups is 1. The maximum atomic E-state index is 10.7. The molecule has 52 valence electrons. The van der Waals surface area contributed by atoms with E-state index in [0.717, 1.165) is 12.8 Å². The van der Waals surface area contributed by atoms with Crippen molar-refractivity contribution in [2.24, 2.45) is 0 Å². The summed E-state index contributed by atoms with van der Waals surface area (Å²) in [5.41, 5.74) is 0. The van der Waals surface area contributed by atoms with Crippen LogP contribution in [-0.4, -0.2) is 17.0 Å². The summed E-state index contributed by atoms with van der Waals surface area (Å²) in [7, 11) is 0. The number of hydrogen-bond donors (Lipinski definition) is 0. The summed E-state index contributed by atoms with van der Waals surface area (Å²) in [6, 6.07) is -0.0301. The number of carbonyl (C=O) groups excluding carboxylic acids is 1. The highest BCUT2D eigenvalue weighted by molar-refractivity contribution is 5.79. The maximum Gasteiger partial charge on any atom is 0.212 e. The second-order valence-electron chi connectivity index (χ2n) is 2.32. The number of nitrogens with zero attached hydrogens (tertiary/aromatic N) is 1. The average Bonchev–Trinajstić information content (AvgIpc) is 2.15. The molecule has 0 spiro atoms. The molecule has 1 amide bonds. The predicted molar refractivity (Wildman–Crippen MR) is 33.5 cm³/mol. The normalized spacial score (nSPS) is 27.6. The van der Waals surface area contributed by atoms with E-state index in [9.17, 15) is 10.0 Å². The Kier molecular flexibility index (Phi) is 1.71. The topological polar surface area (TPSA) is 43.4 Å². The van der Waals surface area contributed by atoms with Crippen molar-refractivity contribution in [3.8, 4) is 0 Å². The van der Waals surface area contributed by atoms with Gasteiger partial charge >= 0.3 is 0 Å². The molecule has 1 rings (SSSR count). The standard InChI is InChI=1S/C6H10NO2/c1-2-5-3-4-6(8)7(5)9/h5H,2-4H2,1H3/q-1. The molecule has 0 N–H and O–H groups in total. The second kappa shape index (κ2) is 2.35. The quantitative estimate of drug-likeness (QED) is 0.526. The van der Waals surface area contributed by atoms with Gasteiger partial charge in [-0.25, -0.2) is 0 Å². The molecule has 1 saturated heterocycles. The van der Waals surface area contributed by atoms with Crippen LogP contribution in [0.25, 0.3) is 0 Å². The smallest absolute Gasteiger partial charge is 0.212 e. The summed E-state index contributed by atoms with van der Waals surface area (Å²) in [5.74, 6) is -0.248. The van der Waals surface area contributed by atoms with Crippen molar-refractivity contribution in [3.05, 3.63) is 5.21 Å². The van der Waals surface area contributed by atoms with Crippen molar-refractivity contribution in [1.82, 2.24) is 5.06 Å². The van der Waals surface area contributed by atoms with Crippen LogP contribution in [-0.2, 0) is 4.79 Å². The van der Waals surface area contributed by atoms with E-state index >= 15 is 0 Å². The first-order valence-electron chi connectivity index (χ1n) is 3.25. The van der Waals surface area contributed by atoms with Crippen LogP contribution in [0.2, 0.25) is 0 Å². The summed E-state index contributed by atoms with van der Waals surface area (Å²) >= 11 is 0. The number of rotatable bonds is 1. The zero-order valence-electron chi connectivity index (χ0n) is 5.46. The molecule has 1 aliphatic heterocycles. The van der Waals surface area contributed by atoms with Crippen molar-refractivity contribution in [3.63, 3.8) is 0 Å². The molecule has 0 saturated carbocycles. The largest absolute Gasteiger partial charge is 0.756 e. The van der Waals surface area contributed by atoms with Crippen LogP contribution in [0.3, 0.4) is 0 Å². The van der Waals surface area contributed by atoms with Gasteiger partial charge in [-0.3, -0.25) is 4.79 Å². The molecule has 0 aromatic rings. The van der Waals surface area contributed by atoms with Crippen molar-refractivity contribution in [2.45, 2.75) is 32.2 Å². The Morgan fingerprint density at radius 2 is 2.56 bits per heavy atom. The minimum atomic E-state index is -0.248. The van der Waals surface area contributed by atoms with Gasteiger partial charge in [0, 0.05) is 12.5 Å². The van der Waals surface area contributed by atoms with Crippen molar-refractivity contribution in [2.75, 3.05) is 0 Å². The minimum Gasteiger partial charge on any atom is -0.756 e. The minimum absolute atomic E-state index is 0.0301. The van der Waals surface area contributed by atoms with Crippen LogP contribution in [0, 0.1) is 5.21 Å². The third kappa shape index (κ3) is 1.05. The zero-order valence-corrected chi connectivity index (χ0v) is 5.46. The highest BCUT2D eigenvalue weighted by Crippen LogP contribution is 2.18. The van der Waals surface area contributed by atoms with E-state index < -0.39 is 0 Å². The maximum absolute atomic E-state index is 10.7. The first-order chi connectivity index (χ1) is 4.25. The molecule has 1 fully saturated rings. The number of hydrogen-bond acceptors (Lipinski definition) is 2. The molecule has 0 bridgehead atoms. The van der Waals surface area contributed by atoms with E-state index in [1.165, 1.54) is 0 Å². The van der Waals surface area contributed by atoms with Gasteiger partial charge in [0.25, 0.3) is 0 Å². The lowest BCUT2D eigenvalue weighted by Gasteiger charge is -2.28. The van der Waals surface area contributed by atoms with E-state index in [1.807, 2.05) is 6.92 Å². The highest BCUT2D eigenvalue weighted by atomic mass is 16.5. The lowest BCUT2D eigenvalue weighted by Crippen LogP contribution is -2.25. The Balaban J connectivity index is 2.51.